The van der Waals surface area contributed by atoms with E-state index in [2.05, 4.69) is 0 Å². The highest BCUT2D eigenvalue weighted by Gasteiger charge is 2.15. The molecule has 0 bridgehead atoms. The van der Waals surface area contributed by atoms with Crippen LogP contribution >= 0.6 is 34.5 Å². The van der Waals surface area contributed by atoms with E-state index in [0.717, 1.165) is 0 Å². The molecule has 1 aromatic heterocycles. The van der Waals surface area contributed by atoms with Crippen LogP contribution in [0.1, 0.15) is 10.4 Å². The summed E-state index contributed by atoms with van der Waals surface area (Å²) < 4.78 is 12.6. The lowest BCUT2D eigenvalue weighted by atomic mass is 10.1. The molecule has 0 aliphatic heterocycles. The van der Waals surface area contributed by atoms with Gasteiger partial charge in [-0.2, -0.15) is 0 Å². The molecule has 1 unspecified atom stereocenters. The van der Waals surface area contributed by atoms with E-state index in [9.17, 15) is 9.00 Å². The quantitative estimate of drug-likeness (QED) is 0.797. The Bertz CT molecular complexity index is 594. The van der Waals surface area contributed by atoms with Crippen LogP contribution in [0.4, 0.5) is 0 Å². The smallest absolute Gasteiger partial charge is 0.177 e. The number of hydrogen-bond acceptors (Lipinski definition) is 3. The lowest BCUT2D eigenvalue weighted by molar-refractivity contribution is 0.102. The van der Waals surface area contributed by atoms with Crippen molar-refractivity contribution < 1.29 is 9.00 Å². The van der Waals surface area contributed by atoms with Crippen LogP contribution in [-0.2, 0) is 10.8 Å². The van der Waals surface area contributed by atoms with E-state index in [1.807, 2.05) is 5.38 Å². The molecule has 0 amide bonds. The number of thiophene rings is 1. The summed E-state index contributed by atoms with van der Waals surface area (Å²) in [6, 6.07) is 8.20. The van der Waals surface area contributed by atoms with Gasteiger partial charge in [-0.1, -0.05) is 29.3 Å². The molecule has 0 fully saturated rings. The van der Waals surface area contributed by atoms with Gasteiger partial charge in [0.2, 0.25) is 0 Å². The van der Waals surface area contributed by atoms with Crippen LogP contribution in [0.2, 0.25) is 10.0 Å². The third kappa shape index (κ3) is 3.20. The topological polar surface area (TPSA) is 34.1 Å². The van der Waals surface area contributed by atoms with Gasteiger partial charge in [-0.3, -0.25) is 9.00 Å². The molecule has 0 saturated heterocycles. The zero-order valence-electron chi connectivity index (χ0n) is 9.06. The summed E-state index contributed by atoms with van der Waals surface area (Å²) in [5.41, 5.74) is 0.353. The second-order valence-electron chi connectivity index (χ2n) is 3.47. The van der Waals surface area contributed by atoms with E-state index in [4.69, 9.17) is 23.2 Å². The Hall–Kier alpha value is -0.680. The van der Waals surface area contributed by atoms with E-state index in [1.54, 1.807) is 24.3 Å². The Balaban J connectivity index is 2.15. The first-order chi connectivity index (χ1) is 8.58. The highest BCUT2D eigenvalue weighted by molar-refractivity contribution is 7.88. The largest absolute Gasteiger partial charge is 0.293 e. The number of rotatable bonds is 4. The molecule has 0 aliphatic rings. The van der Waals surface area contributed by atoms with Gasteiger partial charge in [-0.15, -0.1) is 11.3 Å². The Kier molecular flexibility index (Phi) is 4.56. The van der Waals surface area contributed by atoms with Crippen LogP contribution in [0.25, 0.3) is 0 Å². The minimum absolute atomic E-state index is 0.0676. The summed E-state index contributed by atoms with van der Waals surface area (Å²) in [4.78, 5) is 12.0. The molecule has 0 aliphatic carbocycles. The Morgan fingerprint density at radius 3 is 2.67 bits per heavy atom. The van der Waals surface area contributed by atoms with Gasteiger partial charge in [0.15, 0.2) is 5.78 Å². The fraction of sp³-hybridized carbons (Fsp3) is 0.0833. The predicted molar refractivity (Wildman–Crippen MR) is 76.4 cm³/mol. The highest BCUT2D eigenvalue weighted by atomic mass is 35.5. The summed E-state index contributed by atoms with van der Waals surface area (Å²) in [6.07, 6.45) is 0. The molecule has 2 nitrogen and oxygen atoms in total. The van der Waals surface area contributed by atoms with Crippen molar-refractivity contribution in [3.8, 4) is 0 Å². The van der Waals surface area contributed by atoms with Crippen LogP contribution in [0, 0.1) is 0 Å². The van der Waals surface area contributed by atoms with Crippen LogP contribution in [0.5, 0.6) is 0 Å². The van der Waals surface area contributed by atoms with Crippen LogP contribution in [-0.4, -0.2) is 15.7 Å². The molecular formula is C12H8Cl2O2S2. The highest BCUT2D eigenvalue weighted by Crippen LogP contribution is 2.22. The van der Waals surface area contributed by atoms with Gasteiger partial charge in [0.25, 0.3) is 0 Å². The van der Waals surface area contributed by atoms with Crippen LogP contribution in [0.3, 0.4) is 0 Å². The van der Waals surface area contributed by atoms with Gasteiger partial charge >= 0.3 is 0 Å². The Labute approximate surface area is 121 Å². The minimum Gasteiger partial charge on any atom is -0.293 e. The fourth-order valence-corrected chi connectivity index (χ4v) is 3.88. The monoisotopic (exact) mass is 318 g/mol. The molecule has 18 heavy (non-hydrogen) atoms. The summed E-state index contributed by atoms with van der Waals surface area (Å²) >= 11 is 13.1. The number of carbonyl (C=O) groups is 1. The van der Waals surface area contributed by atoms with Gasteiger partial charge in [-0.25, -0.2) is 0 Å². The van der Waals surface area contributed by atoms with Crippen molar-refractivity contribution in [3.05, 3.63) is 51.3 Å². The lowest BCUT2D eigenvalue weighted by Gasteiger charge is -2.03. The number of benzene rings is 1. The molecule has 2 rings (SSSR count). The Morgan fingerprint density at radius 2 is 2.06 bits per heavy atom. The summed E-state index contributed by atoms with van der Waals surface area (Å²) in [7, 11) is -1.32. The summed E-state index contributed by atoms with van der Waals surface area (Å²) in [5.74, 6) is -0.314. The molecule has 2 aromatic rings. The van der Waals surface area contributed by atoms with E-state index in [1.165, 1.54) is 17.4 Å². The summed E-state index contributed by atoms with van der Waals surface area (Å²) in [5, 5.41) is 2.58. The maximum absolute atomic E-state index is 12.0. The molecule has 0 spiro atoms. The van der Waals surface area contributed by atoms with Crippen LogP contribution in [0.15, 0.2) is 39.9 Å². The van der Waals surface area contributed by atoms with Crippen molar-refractivity contribution in [2.24, 2.45) is 0 Å². The lowest BCUT2D eigenvalue weighted by Crippen LogP contribution is -2.10. The van der Waals surface area contributed by atoms with Gasteiger partial charge < -0.3 is 0 Å². The molecule has 1 atom stereocenters. The Morgan fingerprint density at radius 1 is 1.28 bits per heavy atom. The number of carbonyl (C=O) groups excluding carboxylic acids is 1. The number of hydrogen-bond donors (Lipinski definition) is 0. The first kappa shape index (κ1) is 13.7. The second-order valence-corrected chi connectivity index (χ2v) is 6.94. The number of ketones is 1. The van der Waals surface area contributed by atoms with Crippen molar-refractivity contribution in [3.63, 3.8) is 0 Å². The average molecular weight is 319 g/mol. The van der Waals surface area contributed by atoms with E-state index >= 15 is 0 Å². The summed E-state index contributed by atoms with van der Waals surface area (Å²) in [6.45, 7) is 0. The van der Waals surface area contributed by atoms with Gasteiger partial charge in [0, 0.05) is 10.6 Å². The molecule has 1 heterocycles. The fourth-order valence-electron chi connectivity index (χ4n) is 1.38. The maximum Gasteiger partial charge on any atom is 0.177 e. The first-order valence-electron chi connectivity index (χ1n) is 4.98. The van der Waals surface area contributed by atoms with Crippen molar-refractivity contribution in [1.82, 2.24) is 0 Å². The van der Waals surface area contributed by atoms with Crippen molar-refractivity contribution in [1.29, 1.82) is 0 Å². The van der Waals surface area contributed by atoms with E-state index in [0.29, 0.717) is 14.8 Å². The van der Waals surface area contributed by atoms with Crippen molar-refractivity contribution >= 4 is 51.1 Å². The van der Waals surface area contributed by atoms with Crippen molar-refractivity contribution in [2.75, 3.05) is 5.75 Å². The normalized spacial score (nSPS) is 12.3. The zero-order valence-corrected chi connectivity index (χ0v) is 12.2. The van der Waals surface area contributed by atoms with Crippen molar-refractivity contribution in [2.45, 2.75) is 4.21 Å². The molecule has 1 aromatic carbocycles. The second kappa shape index (κ2) is 5.97. The van der Waals surface area contributed by atoms with E-state index in [-0.39, 0.29) is 16.6 Å². The third-order valence-electron chi connectivity index (χ3n) is 2.21. The molecule has 94 valence electrons. The van der Waals surface area contributed by atoms with E-state index < -0.39 is 10.8 Å². The molecule has 0 radical (unpaired) electrons. The molecule has 6 heteroatoms. The maximum atomic E-state index is 12.0. The molecular weight excluding hydrogens is 311 g/mol. The minimum atomic E-state index is -1.32. The average Bonchev–Trinajstić information content (AvgIpc) is 2.81. The van der Waals surface area contributed by atoms with Crippen LogP contribution < -0.4 is 0 Å². The predicted octanol–water partition coefficient (Wildman–Crippen LogP) is 4.05. The number of Topliss-reactive ketones (excluding diaryl/α,β-unsaturated/α-hetero) is 1. The zero-order chi connectivity index (χ0) is 13.1. The standard InChI is InChI=1S/C12H8Cl2O2S2/c13-8-3-4-9(10(14)6-8)11(15)7-18(16)12-2-1-5-17-12/h1-6H,7H2. The SMILES string of the molecule is O=C(CS(=O)c1cccs1)c1ccc(Cl)cc1Cl. The number of halogens is 2. The first-order valence-corrected chi connectivity index (χ1v) is 7.93. The van der Waals surface area contributed by atoms with Gasteiger partial charge in [0.05, 0.1) is 25.8 Å². The molecule has 0 saturated carbocycles. The van der Waals surface area contributed by atoms with Gasteiger partial charge in [0.1, 0.15) is 0 Å². The molecule has 0 N–H and O–H groups in total. The van der Waals surface area contributed by atoms with Gasteiger partial charge in [-0.05, 0) is 29.6 Å². The third-order valence-corrected chi connectivity index (χ3v) is 5.38.